The molecule has 0 aliphatic carbocycles. The zero-order valence-corrected chi connectivity index (χ0v) is 12.5. The summed E-state index contributed by atoms with van der Waals surface area (Å²) in [6.45, 7) is 0.0947. The SMILES string of the molecule is Cn1nc(NCc2c(Br)cccc2[N+](=O)[O-])cc1C(F)F. The van der Waals surface area contributed by atoms with Gasteiger partial charge in [0, 0.05) is 30.2 Å². The van der Waals surface area contributed by atoms with E-state index in [0.29, 0.717) is 10.0 Å². The summed E-state index contributed by atoms with van der Waals surface area (Å²) in [6.07, 6.45) is -2.63. The molecule has 2 aromatic rings. The Labute approximate surface area is 127 Å². The van der Waals surface area contributed by atoms with Crippen molar-refractivity contribution in [2.24, 2.45) is 7.05 Å². The average molecular weight is 361 g/mol. The lowest BCUT2D eigenvalue weighted by Crippen LogP contribution is -2.05. The van der Waals surface area contributed by atoms with Gasteiger partial charge in [-0.1, -0.05) is 22.0 Å². The van der Waals surface area contributed by atoms with Gasteiger partial charge in [-0.25, -0.2) is 8.78 Å². The standard InChI is InChI=1S/C12H11BrF2N4O2/c1-18-10(12(14)15)5-11(17-18)16-6-7-8(13)3-2-4-9(7)19(20)21/h2-5,12H,6H2,1H3,(H,16,17). The summed E-state index contributed by atoms with van der Waals surface area (Å²) in [5.41, 5.74) is 0.146. The predicted octanol–water partition coefficient (Wildman–Crippen LogP) is 3.64. The Balaban J connectivity index is 2.21. The lowest BCUT2D eigenvalue weighted by atomic mass is 10.2. The predicted molar refractivity (Wildman–Crippen MR) is 76.3 cm³/mol. The molecule has 21 heavy (non-hydrogen) atoms. The van der Waals surface area contributed by atoms with Crippen LogP contribution in [0.4, 0.5) is 20.3 Å². The van der Waals surface area contributed by atoms with Gasteiger partial charge in [0.2, 0.25) is 0 Å². The fourth-order valence-corrected chi connectivity index (χ4v) is 2.34. The quantitative estimate of drug-likeness (QED) is 0.652. The first-order valence-electron chi connectivity index (χ1n) is 5.88. The molecule has 0 unspecified atom stereocenters. The van der Waals surface area contributed by atoms with Crippen LogP contribution >= 0.6 is 15.9 Å². The van der Waals surface area contributed by atoms with Gasteiger partial charge in [0.05, 0.1) is 10.5 Å². The molecular formula is C12H11BrF2N4O2. The van der Waals surface area contributed by atoms with Crippen LogP contribution in [0.1, 0.15) is 17.7 Å². The van der Waals surface area contributed by atoms with Crippen molar-refractivity contribution in [2.45, 2.75) is 13.0 Å². The van der Waals surface area contributed by atoms with Crippen LogP contribution in [0.3, 0.4) is 0 Å². The molecule has 0 spiro atoms. The lowest BCUT2D eigenvalue weighted by Gasteiger charge is -2.06. The van der Waals surface area contributed by atoms with Crippen molar-refractivity contribution in [3.8, 4) is 0 Å². The molecule has 0 aliphatic rings. The number of aromatic nitrogens is 2. The molecule has 0 saturated carbocycles. The van der Waals surface area contributed by atoms with E-state index in [9.17, 15) is 18.9 Å². The van der Waals surface area contributed by atoms with E-state index >= 15 is 0 Å². The molecule has 112 valence electrons. The lowest BCUT2D eigenvalue weighted by molar-refractivity contribution is -0.385. The van der Waals surface area contributed by atoms with Gasteiger partial charge in [0.15, 0.2) is 0 Å². The topological polar surface area (TPSA) is 73.0 Å². The number of benzene rings is 1. The summed E-state index contributed by atoms with van der Waals surface area (Å²) < 4.78 is 26.9. The van der Waals surface area contributed by atoms with Crippen molar-refractivity contribution in [3.63, 3.8) is 0 Å². The van der Waals surface area contributed by atoms with E-state index in [4.69, 9.17) is 0 Å². The van der Waals surface area contributed by atoms with Crippen LogP contribution in [0.15, 0.2) is 28.7 Å². The number of hydrogen-bond acceptors (Lipinski definition) is 4. The van der Waals surface area contributed by atoms with Gasteiger partial charge < -0.3 is 5.32 Å². The van der Waals surface area contributed by atoms with Crippen LogP contribution in [0.25, 0.3) is 0 Å². The molecule has 0 atom stereocenters. The van der Waals surface area contributed by atoms with Gasteiger partial charge in [0.25, 0.3) is 12.1 Å². The molecular weight excluding hydrogens is 350 g/mol. The molecule has 9 heteroatoms. The first-order chi connectivity index (χ1) is 9.90. The van der Waals surface area contributed by atoms with Crippen molar-refractivity contribution in [3.05, 3.63) is 50.1 Å². The number of nitro groups is 1. The third-order valence-electron chi connectivity index (χ3n) is 2.88. The fraction of sp³-hybridized carbons (Fsp3) is 0.250. The maximum Gasteiger partial charge on any atom is 0.280 e. The van der Waals surface area contributed by atoms with E-state index in [-0.39, 0.29) is 23.7 Å². The van der Waals surface area contributed by atoms with E-state index in [1.165, 1.54) is 19.2 Å². The number of rotatable bonds is 5. The number of nitrogens with zero attached hydrogens (tertiary/aromatic N) is 3. The van der Waals surface area contributed by atoms with Gasteiger partial charge in [-0.15, -0.1) is 0 Å². The highest BCUT2D eigenvalue weighted by atomic mass is 79.9. The first-order valence-corrected chi connectivity index (χ1v) is 6.67. The second-order valence-corrected chi connectivity index (χ2v) is 5.08. The number of nitro benzene ring substituents is 1. The molecule has 2 rings (SSSR count). The molecule has 0 saturated heterocycles. The fourth-order valence-electron chi connectivity index (χ4n) is 1.84. The second kappa shape index (κ2) is 6.17. The van der Waals surface area contributed by atoms with Crippen molar-refractivity contribution in [1.29, 1.82) is 0 Å². The first kappa shape index (κ1) is 15.4. The number of halogens is 3. The van der Waals surface area contributed by atoms with Gasteiger partial charge in [-0.3, -0.25) is 14.8 Å². The minimum Gasteiger partial charge on any atom is -0.364 e. The molecule has 1 aromatic carbocycles. The van der Waals surface area contributed by atoms with Crippen molar-refractivity contribution in [1.82, 2.24) is 9.78 Å². The highest BCUT2D eigenvalue weighted by molar-refractivity contribution is 9.10. The van der Waals surface area contributed by atoms with Gasteiger partial charge in [-0.2, -0.15) is 5.10 Å². The van der Waals surface area contributed by atoms with E-state index in [1.807, 2.05) is 0 Å². The maximum absolute atomic E-state index is 12.7. The minimum atomic E-state index is -2.63. The number of anilines is 1. The van der Waals surface area contributed by atoms with Crippen LogP contribution in [-0.2, 0) is 13.6 Å². The van der Waals surface area contributed by atoms with Crippen molar-refractivity contribution < 1.29 is 13.7 Å². The maximum atomic E-state index is 12.7. The molecule has 0 aliphatic heterocycles. The van der Waals surface area contributed by atoms with E-state index in [1.54, 1.807) is 12.1 Å². The molecule has 1 aromatic heterocycles. The Bertz CT molecular complexity index is 675. The Morgan fingerprint density at radius 3 is 2.81 bits per heavy atom. The van der Waals surface area contributed by atoms with Crippen LogP contribution in [-0.4, -0.2) is 14.7 Å². The number of alkyl halides is 2. The molecule has 1 N–H and O–H groups in total. The highest BCUT2D eigenvalue weighted by Crippen LogP contribution is 2.28. The van der Waals surface area contributed by atoms with Crippen LogP contribution in [0.5, 0.6) is 0 Å². The monoisotopic (exact) mass is 360 g/mol. The van der Waals surface area contributed by atoms with Gasteiger partial charge in [0.1, 0.15) is 11.5 Å². The summed E-state index contributed by atoms with van der Waals surface area (Å²) in [6, 6.07) is 5.83. The Hall–Kier alpha value is -2.03. The molecule has 1 heterocycles. The zero-order valence-electron chi connectivity index (χ0n) is 10.9. The smallest absolute Gasteiger partial charge is 0.280 e. The van der Waals surface area contributed by atoms with Gasteiger partial charge >= 0.3 is 0 Å². The summed E-state index contributed by atoms with van der Waals surface area (Å²) >= 11 is 3.24. The summed E-state index contributed by atoms with van der Waals surface area (Å²) in [5, 5.41) is 17.7. The minimum absolute atomic E-state index is 0.0538. The summed E-state index contributed by atoms with van der Waals surface area (Å²) in [5.74, 6) is 0.234. The third kappa shape index (κ3) is 3.35. The third-order valence-corrected chi connectivity index (χ3v) is 3.62. The Morgan fingerprint density at radius 1 is 1.52 bits per heavy atom. The molecule has 0 radical (unpaired) electrons. The Morgan fingerprint density at radius 2 is 2.24 bits per heavy atom. The Kier molecular flexibility index (Phi) is 4.51. The molecule has 0 amide bonds. The number of aryl methyl sites for hydroxylation is 1. The molecule has 0 fully saturated rings. The molecule has 0 bridgehead atoms. The zero-order chi connectivity index (χ0) is 15.6. The number of hydrogen-bond donors (Lipinski definition) is 1. The van der Waals surface area contributed by atoms with Crippen LogP contribution in [0, 0.1) is 10.1 Å². The van der Waals surface area contributed by atoms with Gasteiger partial charge in [-0.05, 0) is 6.07 Å². The van der Waals surface area contributed by atoms with E-state index in [2.05, 4.69) is 26.3 Å². The number of nitrogens with one attached hydrogen (secondary N) is 1. The average Bonchev–Trinajstić information content (AvgIpc) is 2.78. The normalized spacial score (nSPS) is 10.9. The van der Waals surface area contributed by atoms with Crippen molar-refractivity contribution in [2.75, 3.05) is 5.32 Å². The highest BCUT2D eigenvalue weighted by Gasteiger charge is 2.18. The second-order valence-electron chi connectivity index (χ2n) is 4.23. The summed E-state index contributed by atoms with van der Waals surface area (Å²) in [4.78, 5) is 10.5. The van der Waals surface area contributed by atoms with Crippen molar-refractivity contribution >= 4 is 27.4 Å². The van der Waals surface area contributed by atoms with Crippen LogP contribution < -0.4 is 5.32 Å². The largest absolute Gasteiger partial charge is 0.364 e. The summed E-state index contributed by atoms with van der Waals surface area (Å²) in [7, 11) is 1.41. The van der Waals surface area contributed by atoms with E-state index < -0.39 is 11.3 Å². The van der Waals surface area contributed by atoms with E-state index in [0.717, 1.165) is 4.68 Å². The molecule has 6 nitrogen and oxygen atoms in total. The van der Waals surface area contributed by atoms with Crippen LogP contribution in [0.2, 0.25) is 0 Å².